The molecule has 1 saturated carbocycles. The van der Waals surface area contributed by atoms with Gasteiger partial charge in [-0.2, -0.15) is 0 Å². The number of hydrogen-bond acceptors (Lipinski definition) is 4. The SMILES string of the molecule is C=CC.CC/C=C(/C=C(\CC)C(C)(C)C)C1CCC(c2cc(Nc3cc[c]4c(c3F)C[NH][Sb]4)n[nH]2)C1.[SH-]. The van der Waals surface area contributed by atoms with E-state index in [0.717, 1.165) is 36.9 Å². The van der Waals surface area contributed by atoms with Gasteiger partial charge in [0.25, 0.3) is 0 Å². The van der Waals surface area contributed by atoms with Crippen LogP contribution in [0, 0.1) is 17.2 Å². The number of halogens is 1. The molecule has 37 heavy (non-hydrogen) atoms. The van der Waals surface area contributed by atoms with E-state index in [0.29, 0.717) is 29.9 Å². The molecule has 2 aromatic rings. The van der Waals surface area contributed by atoms with E-state index in [4.69, 9.17) is 0 Å². The molecule has 1 aliphatic heterocycles. The average Bonchev–Trinajstić information content (AvgIpc) is 3.59. The van der Waals surface area contributed by atoms with Crippen molar-refractivity contribution in [3.05, 3.63) is 71.2 Å². The monoisotopic (exact) mass is 632 g/mol. The molecular weight excluding hydrogens is 589 g/mol. The van der Waals surface area contributed by atoms with Crippen molar-refractivity contribution in [1.82, 2.24) is 13.7 Å². The summed E-state index contributed by atoms with van der Waals surface area (Å²) in [4.78, 5) is 0. The van der Waals surface area contributed by atoms with Gasteiger partial charge in [0.2, 0.25) is 0 Å². The van der Waals surface area contributed by atoms with Crippen molar-refractivity contribution < 1.29 is 4.39 Å². The Bertz CT molecular complexity index is 1100. The molecule has 2 heterocycles. The zero-order valence-electron chi connectivity index (χ0n) is 23.3. The van der Waals surface area contributed by atoms with Crippen LogP contribution < -0.4 is 12.3 Å². The fraction of sp³-hybridized carbons (Fsp3) is 0.500. The van der Waals surface area contributed by atoms with Crippen LogP contribution in [0.4, 0.5) is 15.9 Å². The molecule has 203 valence electrons. The number of benzene rings is 1. The summed E-state index contributed by atoms with van der Waals surface area (Å²) in [5, 5.41) is 10.9. The molecule has 1 radical (unpaired) electrons. The minimum absolute atomic E-state index is 0. The van der Waals surface area contributed by atoms with Gasteiger partial charge in [-0.25, -0.2) is 0 Å². The Morgan fingerprint density at radius 2 is 2.00 bits per heavy atom. The maximum Gasteiger partial charge on any atom is -0.813 e. The van der Waals surface area contributed by atoms with E-state index >= 15 is 0 Å². The number of anilines is 2. The number of nitrogens with one attached hydrogen (secondary N) is 3. The van der Waals surface area contributed by atoms with Gasteiger partial charge in [-0.1, -0.05) is 58.4 Å². The second kappa shape index (κ2) is 14.6. The van der Waals surface area contributed by atoms with Crippen LogP contribution in [0.5, 0.6) is 0 Å². The van der Waals surface area contributed by atoms with Crippen molar-refractivity contribution in [2.45, 2.75) is 86.1 Å². The number of allylic oxidation sites excluding steroid dienone is 5. The molecule has 4 rings (SSSR count). The summed E-state index contributed by atoms with van der Waals surface area (Å²) in [6.45, 7) is 17.3. The molecule has 1 aromatic carbocycles. The van der Waals surface area contributed by atoms with Gasteiger partial charge in [0.15, 0.2) is 0 Å². The summed E-state index contributed by atoms with van der Waals surface area (Å²) in [5.41, 5.74) is 5.73. The molecule has 1 aromatic heterocycles. The maximum atomic E-state index is 14.9. The van der Waals surface area contributed by atoms with Crippen LogP contribution in [0.1, 0.15) is 90.8 Å². The van der Waals surface area contributed by atoms with E-state index in [1.165, 1.54) is 21.1 Å². The van der Waals surface area contributed by atoms with Gasteiger partial charge in [-0.3, -0.25) is 0 Å². The zero-order chi connectivity index (χ0) is 26.3. The summed E-state index contributed by atoms with van der Waals surface area (Å²) in [7, 11) is 0. The number of aromatic nitrogens is 2. The Morgan fingerprint density at radius 1 is 1.27 bits per heavy atom. The third kappa shape index (κ3) is 8.24. The largest absolute Gasteiger partial charge is 0.813 e. The third-order valence-corrected chi connectivity index (χ3v) is 9.79. The van der Waals surface area contributed by atoms with Gasteiger partial charge in [-0.05, 0) is 25.2 Å². The molecule has 1 aliphatic carbocycles. The summed E-state index contributed by atoms with van der Waals surface area (Å²) in [6.07, 6.45) is 12.3. The predicted molar refractivity (Wildman–Crippen MR) is 161 cm³/mol. The molecule has 2 aliphatic rings. The average molecular weight is 634 g/mol. The number of rotatable bonds is 7. The van der Waals surface area contributed by atoms with E-state index in [9.17, 15) is 4.39 Å². The number of H-pyrrole nitrogens is 1. The Hall–Kier alpha value is -1.49. The van der Waals surface area contributed by atoms with Crippen molar-refractivity contribution in [2.75, 3.05) is 5.32 Å². The van der Waals surface area contributed by atoms with E-state index in [1.807, 2.05) is 13.0 Å². The van der Waals surface area contributed by atoms with Crippen molar-refractivity contribution >= 4 is 50.4 Å². The van der Waals surface area contributed by atoms with Gasteiger partial charge in [0.05, 0.1) is 0 Å². The first-order valence-electron chi connectivity index (χ1n) is 13.3. The van der Waals surface area contributed by atoms with E-state index in [-0.39, 0.29) is 24.7 Å². The van der Waals surface area contributed by atoms with Crippen LogP contribution in [0.3, 0.4) is 0 Å². The molecule has 0 saturated heterocycles. The third-order valence-electron chi connectivity index (χ3n) is 7.00. The molecule has 0 bridgehead atoms. The smallest absolute Gasteiger partial charge is 0.813 e. The molecule has 1 fully saturated rings. The first-order chi connectivity index (χ1) is 17.2. The summed E-state index contributed by atoms with van der Waals surface area (Å²) in [6, 6.07) is 5.98. The van der Waals surface area contributed by atoms with Crippen LogP contribution in [0.2, 0.25) is 0 Å². The number of hydrogen-bond donors (Lipinski definition) is 3. The Balaban J connectivity index is 0.00000115. The number of thiol groups is 1. The number of aromatic amines is 1. The van der Waals surface area contributed by atoms with Gasteiger partial charge < -0.3 is 13.5 Å². The minimum atomic E-state index is -0.603. The molecule has 2 unspecified atom stereocenters. The Morgan fingerprint density at radius 3 is 2.65 bits per heavy atom. The van der Waals surface area contributed by atoms with Crippen LogP contribution in [-0.2, 0) is 20.0 Å². The van der Waals surface area contributed by atoms with Crippen LogP contribution >= 0.6 is 0 Å². The van der Waals surface area contributed by atoms with Gasteiger partial charge in [-0.15, -0.1) is 6.58 Å². The van der Waals surface area contributed by atoms with Gasteiger partial charge >= 0.3 is 139 Å². The van der Waals surface area contributed by atoms with E-state index in [2.05, 4.69) is 84.5 Å². The maximum absolute atomic E-state index is 14.9. The second-order valence-corrected chi connectivity index (χ2v) is 13.6. The fourth-order valence-electron chi connectivity index (χ4n) is 5.13. The Labute approximate surface area is 241 Å². The quantitative estimate of drug-likeness (QED) is 0.0996. The number of fused-ring (bicyclic) bond motifs is 1. The second-order valence-electron chi connectivity index (χ2n) is 10.7. The van der Waals surface area contributed by atoms with Crippen molar-refractivity contribution in [3.8, 4) is 0 Å². The van der Waals surface area contributed by atoms with Crippen LogP contribution in [0.15, 0.2) is 54.2 Å². The van der Waals surface area contributed by atoms with Crippen molar-refractivity contribution in [1.29, 1.82) is 0 Å². The zero-order valence-corrected chi connectivity index (χ0v) is 26.7. The minimum Gasteiger partial charge on any atom is -0.813 e. The molecule has 4 nitrogen and oxygen atoms in total. The van der Waals surface area contributed by atoms with Crippen molar-refractivity contribution in [3.63, 3.8) is 0 Å². The normalized spacial score (nSPS) is 19.5. The van der Waals surface area contributed by atoms with Crippen molar-refractivity contribution in [2.24, 2.45) is 11.3 Å². The standard InChI is InChI=1S/C27H37FN4.C3H6.H2S.Sb/c1-6-9-18(15-22(7-2)27(3,4)5)19-12-13-20(14-19)24-16-25(32-31-24)30-23-11-8-10-21(17-29)26(23)28;1-3-2;;/h8-9,11,15-16,19-20,29H,6-7,12-14,17H2,1-5H3,(H2,30,31,32);3H,1H2,2H3;1H2;/q-1;;;+1/p-1/b18-9-,22-15+;;;. The van der Waals surface area contributed by atoms with E-state index in [1.54, 1.807) is 6.08 Å². The van der Waals surface area contributed by atoms with Gasteiger partial charge in [0.1, 0.15) is 0 Å². The van der Waals surface area contributed by atoms with Crippen LogP contribution in [-0.4, -0.2) is 32.1 Å². The molecule has 2 atom stereocenters. The molecule has 0 amide bonds. The molecular formula is C30H44FN4SSb-. The number of nitrogens with zero attached hydrogens (tertiary/aromatic N) is 1. The summed E-state index contributed by atoms with van der Waals surface area (Å²) >= 11 is -0.603. The molecule has 7 heteroatoms. The topological polar surface area (TPSA) is 52.7 Å². The molecule has 0 spiro atoms. The summed E-state index contributed by atoms with van der Waals surface area (Å²) < 4.78 is 19.4. The summed E-state index contributed by atoms with van der Waals surface area (Å²) in [5.74, 6) is 1.61. The fourth-order valence-corrected chi connectivity index (χ4v) is 7.61. The first-order valence-corrected chi connectivity index (χ1v) is 15.8. The van der Waals surface area contributed by atoms with Gasteiger partial charge in [0, 0.05) is 0 Å². The molecule has 3 N–H and O–H groups in total. The van der Waals surface area contributed by atoms with E-state index < -0.39 is 21.9 Å². The Kier molecular flexibility index (Phi) is 12.5. The first kappa shape index (κ1) is 31.7. The predicted octanol–water partition coefficient (Wildman–Crippen LogP) is 7.16. The van der Waals surface area contributed by atoms with Crippen LogP contribution in [0.25, 0.3) is 0 Å².